The van der Waals surface area contributed by atoms with E-state index in [-0.39, 0.29) is 5.91 Å². The van der Waals surface area contributed by atoms with Gasteiger partial charge in [-0.2, -0.15) is 0 Å². The highest BCUT2D eigenvalue weighted by atomic mass is 79.9. The van der Waals surface area contributed by atoms with Crippen molar-refractivity contribution in [3.63, 3.8) is 0 Å². The predicted octanol–water partition coefficient (Wildman–Crippen LogP) is 1.68. The number of carbonyl (C=O) groups excluding carboxylic acids is 1. The Morgan fingerprint density at radius 3 is 3.00 bits per heavy atom. The van der Waals surface area contributed by atoms with Crippen LogP contribution in [0.3, 0.4) is 0 Å². The van der Waals surface area contributed by atoms with E-state index in [4.69, 9.17) is 5.73 Å². The maximum atomic E-state index is 11.5. The number of hydrogen-bond donors (Lipinski definition) is 2. The number of fused-ring (bicyclic) bond motifs is 1. The molecule has 1 unspecified atom stereocenters. The first kappa shape index (κ1) is 12.6. The molecule has 1 aromatic carbocycles. The van der Waals surface area contributed by atoms with E-state index in [1.807, 2.05) is 23.7 Å². The molecule has 0 fully saturated rings. The second kappa shape index (κ2) is 4.62. The Hall–Kier alpha value is -1.38. The smallest absolute Gasteiger partial charge is 0.245 e. The van der Waals surface area contributed by atoms with E-state index in [1.165, 1.54) is 11.8 Å². The van der Waals surface area contributed by atoms with Crippen LogP contribution in [-0.2, 0) is 11.8 Å². The molecule has 19 heavy (non-hydrogen) atoms. The first-order valence-electron chi connectivity index (χ1n) is 5.48. The molecule has 2 heterocycles. The third kappa shape index (κ3) is 2.15. The number of hydrogen-bond acceptors (Lipinski definition) is 5. The topological polar surface area (TPSA) is 85.8 Å². The van der Waals surface area contributed by atoms with E-state index >= 15 is 0 Å². The number of rotatable bonds is 2. The molecule has 0 saturated carbocycles. The molecule has 0 aliphatic carbocycles. The van der Waals surface area contributed by atoms with Crippen LogP contribution in [0, 0.1) is 0 Å². The minimum atomic E-state index is -0.597. The van der Waals surface area contributed by atoms with Crippen LogP contribution in [-0.4, -0.2) is 20.7 Å². The van der Waals surface area contributed by atoms with Crippen molar-refractivity contribution in [3.8, 4) is 0 Å². The lowest BCUT2D eigenvalue weighted by molar-refractivity contribution is -0.116. The molecular formula is C11H10BrN5OS. The fraction of sp³-hybridized carbons (Fsp3) is 0.182. The van der Waals surface area contributed by atoms with Crippen molar-refractivity contribution in [1.82, 2.24) is 14.8 Å². The quantitative estimate of drug-likeness (QED) is 0.869. The number of aryl methyl sites for hydroxylation is 1. The molecule has 1 aromatic heterocycles. The highest BCUT2D eigenvalue weighted by Gasteiger charge is 2.28. The molecule has 6 nitrogen and oxygen atoms in total. The molecule has 8 heteroatoms. The van der Waals surface area contributed by atoms with Crippen LogP contribution in [0.4, 0.5) is 5.69 Å². The fourth-order valence-corrected chi connectivity index (χ4v) is 3.24. The van der Waals surface area contributed by atoms with Gasteiger partial charge in [-0.15, -0.1) is 10.2 Å². The molecule has 3 rings (SSSR count). The summed E-state index contributed by atoms with van der Waals surface area (Å²) in [6.45, 7) is 0. The van der Waals surface area contributed by atoms with Gasteiger partial charge in [-0.1, -0.05) is 0 Å². The Bertz CT molecular complexity index is 671. The Balaban J connectivity index is 1.99. The van der Waals surface area contributed by atoms with E-state index in [0.29, 0.717) is 0 Å². The zero-order valence-electron chi connectivity index (χ0n) is 9.92. The van der Waals surface area contributed by atoms with Crippen LogP contribution in [0.1, 0.15) is 11.6 Å². The average Bonchev–Trinajstić information content (AvgIpc) is 2.88. The lowest BCUT2D eigenvalue weighted by Crippen LogP contribution is -2.19. The minimum absolute atomic E-state index is 0.178. The van der Waals surface area contributed by atoms with E-state index in [0.717, 1.165) is 25.8 Å². The number of carbonyl (C=O) groups is 1. The van der Waals surface area contributed by atoms with Crippen LogP contribution in [0.15, 0.2) is 33.0 Å². The molecular weight excluding hydrogens is 330 g/mol. The van der Waals surface area contributed by atoms with Gasteiger partial charge < -0.3 is 15.6 Å². The second-order valence-electron chi connectivity index (χ2n) is 4.16. The normalized spacial score (nSPS) is 17.4. The summed E-state index contributed by atoms with van der Waals surface area (Å²) >= 11 is 4.96. The van der Waals surface area contributed by atoms with Crippen molar-refractivity contribution in [1.29, 1.82) is 0 Å². The zero-order valence-corrected chi connectivity index (χ0v) is 12.3. The van der Waals surface area contributed by atoms with Crippen LogP contribution < -0.4 is 11.1 Å². The van der Waals surface area contributed by atoms with Gasteiger partial charge >= 0.3 is 0 Å². The summed E-state index contributed by atoms with van der Waals surface area (Å²) in [6.07, 6.45) is 1.64. The first-order valence-corrected chi connectivity index (χ1v) is 7.09. The lowest BCUT2D eigenvalue weighted by atomic mass is 10.1. The van der Waals surface area contributed by atoms with Crippen molar-refractivity contribution in [3.05, 3.63) is 28.5 Å². The summed E-state index contributed by atoms with van der Waals surface area (Å²) in [6, 6.07) is 3.17. The summed E-state index contributed by atoms with van der Waals surface area (Å²) in [5.74, 6) is -0.178. The van der Waals surface area contributed by atoms with Gasteiger partial charge in [0.05, 0.1) is 0 Å². The molecule has 1 aliphatic heterocycles. The molecule has 1 atom stereocenters. The van der Waals surface area contributed by atoms with Gasteiger partial charge in [-0.05, 0) is 39.8 Å². The van der Waals surface area contributed by atoms with Crippen molar-refractivity contribution in [2.75, 3.05) is 5.32 Å². The molecule has 1 aliphatic rings. The van der Waals surface area contributed by atoms with Gasteiger partial charge in [0.25, 0.3) is 0 Å². The molecule has 0 bridgehead atoms. The van der Waals surface area contributed by atoms with Gasteiger partial charge in [0.2, 0.25) is 5.91 Å². The van der Waals surface area contributed by atoms with E-state index < -0.39 is 6.04 Å². The van der Waals surface area contributed by atoms with Crippen molar-refractivity contribution >= 4 is 39.3 Å². The van der Waals surface area contributed by atoms with Crippen LogP contribution in [0.25, 0.3) is 0 Å². The fourth-order valence-electron chi connectivity index (χ4n) is 1.83. The SMILES string of the molecule is Cn1cnnc1Sc1cc2c(cc1Br)C(N)C(=O)N2. The summed E-state index contributed by atoms with van der Waals surface area (Å²) in [7, 11) is 1.88. The third-order valence-corrected chi connectivity index (χ3v) is 4.88. The highest BCUT2D eigenvalue weighted by molar-refractivity contribution is 9.10. The van der Waals surface area contributed by atoms with Crippen LogP contribution >= 0.6 is 27.7 Å². The van der Waals surface area contributed by atoms with E-state index in [9.17, 15) is 4.79 Å². The van der Waals surface area contributed by atoms with Gasteiger partial charge in [-0.25, -0.2) is 0 Å². The number of aromatic nitrogens is 3. The van der Waals surface area contributed by atoms with Gasteiger partial charge in [0, 0.05) is 27.7 Å². The predicted molar refractivity (Wildman–Crippen MR) is 74.8 cm³/mol. The number of nitrogens with two attached hydrogens (primary N) is 1. The molecule has 0 radical (unpaired) electrons. The van der Waals surface area contributed by atoms with E-state index in [1.54, 1.807) is 6.33 Å². The molecule has 1 amide bonds. The van der Waals surface area contributed by atoms with E-state index in [2.05, 4.69) is 31.4 Å². The standard InChI is InChI=1S/C11H10BrN5OS/c1-17-4-14-16-11(17)19-8-3-7-5(2-6(8)12)9(13)10(18)15-7/h2-4,9H,13H2,1H3,(H,15,18). The molecule has 0 saturated heterocycles. The molecule has 2 aromatic rings. The number of nitrogens with one attached hydrogen (secondary N) is 1. The number of nitrogens with zero attached hydrogens (tertiary/aromatic N) is 3. The summed E-state index contributed by atoms with van der Waals surface area (Å²) in [5, 5.41) is 11.4. The lowest BCUT2D eigenvalue weighted by Gasteiger charge is -2.07. The van der Waals surface area contributed by atoms with Crippen molar-refractivity contribution < 1.29 is 4.79 Å². The number of anilines is 1. The van der Waals surface area contributed by atoms with Crippen LogP contribution in [0.5, 0.6) is 0 Å². The van der Waals surface area contributed by atoms with Gasteiger partial charge in [-0.3, -0.25) is 4.79 Å². The number of halogens is 1. The Kier molecular flexibility index (Phi) is 3.08. The molecule has 0 spiro atoms. The minimum Gasteiger partial charge on any atom is -0.324 e. The monoisotopic (exact) mass is 339 g/mol. The first-order chi connectivity index (χ1) is 9.06. The zero-order chi connectivity index (χ0) is 13.6. The Morgan fingerprint density at radius 2 is 2.32 bits per heavy atom. The average molecular weight is 340 g/mol. The van der Waals surface area contributed by atoms with Gasteiger partial charge in [0.1, 0.15) is 12.4 Å². The highest BCUT2D eigenvalue weighted by Crippen LogP contribution is 2.39. The second-order valence-corrected chi connectivity index (χ2v) is 6.03. The summed E-state index contributed by atoms with van der Waals surface area (Å²) < 4.78 is 2.71. The van der Waals surface area contributed by atoms with Crippen molar-refractivity contribution in [2.24, 2.45) is 12.8 Å². The largest absolute Gasteiger partial charge is 0.324 e. The molecule has 3 N–H and O–H groups in total. The maximum Gasteiger partial charge on any atom is 0.245 e. The van der Waals surface area contributed by atoms with Crippen molar-refractivity contribution in [2.45, 2.75) is 16.1 Å². The number of benzene rings is 1. The summed E-state index contributed by atoms with van der Waals surface area (Å²) in [4.78, 5) is 12.5. The summed E-state index contributed by atoms with van der Waals surface area (Å²) in [5.41, 5.74) is 7.36. The molecule has 98 valence electrons. The Labute approximate surface area is 121 Å². The Morgan fingerprint density at radius 1 is 1.53 bits per heavy atom. The van der Waals surface area contributed by atoms with Gasteiger partial charge in [0.15, 0.2) is 5.16 Å². The maximum absolute atomic E-state index is 11.5. The number of amides is 1. The third-order valence-electron chi connectivity index (χ3n) is 2.85. The van der Waals surface area contributed by atoms with Crippen LogP contribution in [0.2, 0.25) is 0 Å².